The van der Waals surface area contributed by atoms with Crippen LogP contribution in [0.5, 0.6) is 0 Å². The molecule has 1 N–H and O–H groups in total. The summed E-state index contributed by atoms with van der Waals surface area (Å²) in [6.45, 7) is 0. The molecule has 2 heterocycles. The van der Waals surface area contributed by atoms with Crippen LogP contribution in [0.3, 0.4) is 0 Å². The third kappa shape index (κ3) is 2.86. The highest BCUT2D eigenvalue weighted by molar-refractivity contribution is 5.76. The summed E-state index contributed by atoms with van der Waals surface area (Å²) >= 11 is 0. The molecule has 3 rings (SSSR count). The molecule has 0 unspecified atom stereocenters. The number of hydrazone groups is 1. The molecular weight excluding hydrogens is 254 g/mol. The Bertz CT molecular complexity index is 695. The molecule has 6 heteroatoms. The number of hydrogen-bond acceptors (Lipinski definition) is 6. The minimum atomic E-state index is 0.328. The van der Waals surface area contributed by atoms with Crippen molar-refractivity contribution in [3.8, 4) is 11.3 Å². The Kier molecular flexibility index (Phi) is 3.46. The zero-order chi connectivity index (χ0) is 13.6. The highest BCUT2D eigenvalue weighted by atomic mass is 16.3. The lowest BCUT2D eigenvalue weighted by Crippen LogP contribution is -1.99. The lowest BCUT2D eigenvalue weighted by molar-refractivity contribution is 0.560. The summed E-state index contributed by atoms with van der Waals surface area (Å²) in [6, 6.07) is 13.3. The molecule has 20 heavy (non-hydrogen) atoms. The van der Waals surface area contributed by atoms with Crippen LogP contribution >= 0.6 is 0 Å². The number of furan rings is 1. The van der Waals surface area contributed by atoms with E-state index in [0.717, 1.165) is 11.3 Å². The van der Waals surface area contributed by atoms with Crippen molar-refractivity contribution in [3.05, 3.63) is 60.7 Å². The van der Waals surface area contributed by atoms with Gasteiger partial charge in [-0.25, -0.2) is 10.4 Å². The second kappa shape index (κ2) is 5.75. The average Bonchev–Trinajstić information content (AvgIpc) is 3.02. The third-order valence-corrected chi connectivity index (χ3v) is 2.53. The van der Waals surface area contributed by atoms with Gasteiger partial charge in [-0.2, -0.15) is 10.2 Å². The van der Waals surface area contributed by atoms with Gasteiger partial charge in [-0.1, -0.05) is 30.3 Å². The molecule has 1 aromatic carbocycles. The van der Waals surface area contributed by atoms with Gasteiger partial charge < -0.3 is 4.42 Å². The van der Waals surface area contributed by atoms with Crippen molar-refractivity contribution in [2.24, 2.45) is 5.10 Å². The molecule has 0 radical (unpaired) electrons. The van der Waals surface area contributed by atoms with E-state index in [-0.39, 0.29) is 0 Å². The van der Waals surface area contributed by atoms with Gasteiger partial charge in [0, 0.05) is 5.56 Å². The van der Waals surface area contributed by atoms with Crippen LogP contribution in [0, 0.1) is 0 Å². The van der Waals surface area contributed by atoms with Crippen LogP contribution < -0.4 is 5.43 Å². The average molecular weight is 265 g/mol. The van der Waals surface area contributed by atoms with E-state index in [1.807, 2.05) is 30.3 Å². The zero-order valence-electron chi connectivity index (χ0n) is 10.5. The van der Waals surface area contributed by atoms with Crippen LogP contribution in [0.15, 0.2) is 64.4 Å². The van der Waals surface area contributed by atoms with Gasteiger partial charge in [0.25, 0.3) is 5.95 Å². The molecule has 3 aromatic rings. The smallest absolute Gasteiger partial charge is 0.263 e. The number of anilines is 1. The van der Waals surface area contributed by atoms with Gasteiger partial charge in [0.05, 0.1) is 24.4 Å². The second-order valence-electron chi connectivity index (χ2n) is 3.92. The molecule has 0 aliphatic carbocycles. The van der Waals surface area contributed by atoms with E-state index < -0.39 is 0 Å². The summed E-state index contributed by atoms with van der Waals surface area (Å²) in [6.07, 6.45) is 4.73. The van der Waals surface area contributed by atoms with Crippen LogP contribution in [0.1, 0.15) is 5.76 Å². The first-order chi connectivity index (χ1) is 9.92. The zero-order valence-corrected chi connectivity index (χ0v) is 10.5. The van der Waals surface area contributed by atoms with Gasteiger partial charge in [-0.3, -0.25) is 0 Å². The fraction of sp³-hybridized carbons (Fsp3) is 0. The molecule has 98 valence electrons. The van der Waals surface area contributed by atoms with E-state index in [1.165, 1.54) is 0 Å². The maximum Gasteiger partial charge on any atom is 0.263 e. The fourth-order valence-electron chi connectivity index (χ4n) is 1.62. The fourth-order valence-corrected chi connectivity index (χ4v) is 1.62. The molecule has 0 aliphatic heterocycles. The van der Waals surface area contributed by atoms with E-state index in [2.05, 4.69) is 25.7 Å². The highest BCUT2D eigenvalue weighted by Crippen LogP contribution is 2.15. The molecule has 0 bridgehead atoms. The van der Waals surface area contributed by atoms with Gasteiger partial charge in [0.15, 0.2) is 0 Å². The minimum absolute atomic E-state index is 0.328. The van der Waals surface area contributed by atoms with Crippen molar-refractivity contribution >= 4 is 12.2 Å². The molecule has 2 aromatic heterocycles. The maximum atomic E-state index is 5.12. The number of hydrogen-bond donors (Lipinski definition) is 1. The van der Waals surface area contributed by atoms with E-state index in [9.17, 15) is 0 Å². The Balaban J connectivity index is 1.75. The highest BCUT2D eigenvalue weighted by Gasteiger charge is 2.01. The van der Waals surface area contributed by atoms with Crippen molar-refractivity contribution in [1.29, 1.82) is 0 Å². The number of nitrogens with zero attached hydrogens (tertiary/aromatic N) is 4. The summed E-state index contributed by atoms with van der Waals surface area (Å²) in [4.78, 5) is 4.33. The summed E-state index contributed by atoms with van der Waals surface area (Å²) in [5, 5.41) is 11.8. The Hall–Kier alpha value is -3.02. The first-order valence-electron chi connectivity index (χ1n) is 5.99. The summed E-state index contributed by atoms with van der Waals surface area (Å²) in [5.74, 6) is 0.971. The number of aromatic nitrogens is 3. The predicted molar refractivity (Wildman–Crippen MR) is 75.2 cm³/mol. The summed E-state index contributed by atoms with van der Waals surface area (Å²) in [5.41, 5.74) is 4.42. The van der Waals surface area contributed by atoms with Crippen molar-refractivity contribution in [1.82, 2.24) is 15.2 Å². The third-order valence-electron chi connectivity index (χ3n) is 2.53. The number of nitrogens with one attached hydrogen (secondary N) is 1. The molecule has 0 spiro atoms. The van der Waals surface area contributed by atoms with Crippen molar-refractivity contribution < 1.29 is 4.42 Å². The molecule has 0 saturated carbocycles. The van der Waals surface area contributed by atoms with Crippen molar-refractivity contribution in [3.63, 3.8) is 0 Å². The van der Waals surface area contributed by atoms with Crippen LogP contribution in [0.2, 0.25) is 0 Å². The monoisotopic (exact) mass is 265 g/mol. The standard InChI is InChI=1S/C14H11N5O/c1-2-5-11(6-3-1)13-10-16-19-14(17-13)18-15-9-12-7-4-8-20-12/h1-10H,(H,17,18,19). The van der Waals surface area contributed by atoms with Crippen LogP contribution in [0.4, 0.5) is 5.95 Å². The lowest BCUT2D eigenvalue weighted by Gasteiger charge is -2.01. The number of rotatable bonds is 4. The molecule has 6 nitrogen and oxygen atoms in total. The van der Waals surface area contributed by atoms with Gasteiger partial charge in [0.1, 0.15) is 5.76 Å². The summed E-state index contributed by atoms with van der Waals surface area (Å²) in [7, 11) is 0. The predicted octanol–water partition coefficient (Wildman–Crippen LogP) is 2.58. The van der Waals surface area contributed by atoms with Gasteiger partial charge in [0.2, 0.25) is 0 Å². The first kappa shape index (κ1) is 12.0. The van der Waals surface area contributed by atoms with E-state index in [4.69, 9.17) is 4.42 Å². The molecule has 0 fully saturated rings. The Morgan fingerprint density at radius 3 is 2.80 bits per heavy atom. The van der Waals surface area contributed by atoms with E-state index >= 15 is 0 Å². The molecule has 0 amide bonds. The van der Waals surface area contributed by atoms with Crippen LogP contribution in [-0.4, -0.2) is 21.4 Å². The topological polar surface area (TPSA) is 76.2 Å². The molecular formula is C14H11N5O. The number of benzene rings is 1. The minimum Gasteiger partial charge on any atom is -0.463 e. The van der Waals surface area contributed by atoms with Gasteiger partial charge in [-0.05, 0) is 12.1 Å². The Morgan fingerprint density at radius 1 is 1.10 bits per heavy atom. The SMILES string of the molecule is C(=NNc1nncc(-c2ccccc2)n1)c1ccco1. The second-order valence-corrected chi connectivity index (χ2v) is 3.92. The maximum absolute atomic E-state index is 5.12. The molecule has 0 aliphatic rings. The quantitative estimate of drug-likeness (QED) is 0.579. The Morgan fingerprint density at radius 2 is 2.00 bits per heavy atom. The van der Waals surface area contributed by atoms with Gasteiger partial charge in [-0.15, -0.1) is 5.10 Å². The van der Waals surface area contributed by atoms with Crippen molar-refractivity contribution in [2.75, 3.05) is 5.43 Å². The lowest BCUT2D eigenvalue weighted by atomic mass is 10.2. The largest absolute Gasteiger partial charge is 0.463 e. The van der Waals surface area contributed by atoms with Crippen LogP contribution in [0.25, 0.3) is 11.3 Å². The van der Waals surface area contributed by atoms with Crippen LogP contribution in [-0.2, 0) is 0 Å². The first-order valence-corrected chi connectivity index (χ1v) is 5.99. The normalized spacial score (nSPS) is 10.8. The van der Waals surface area contributed by atoms with E-state index in [1.54, 1.807) is 30.8 Å². The van der Waals surface area contributed by atoms with Crippen molar-refractivity contribution in [2.45, 2.75) is 0 Å². The summed E-state index contributed by atoms with van der Waals surface area (Å²) < 4.78 is 5.12. The van der Waals surface area contributed by atoms with E-state index in [0.29, 0.717) is 11.7 Å². The van der Waals surface area contributed by atoms with Gasteiger partial charge >= 0.3 is 0 Å². The molecule has 0 atom stereocenters. The molecule has 0 saturated heterocycles. The Labute approximate surface area is 115 Å².